The predicted octanol–water partition coefficient (Wildman–Crippen LogP) is 4.89. The summed E-state index contributed by atoms with van der Waals surface area (Å²) < 4.78 is 0. The molecule has 3 rings (SSSR count). The van der Waals surface area contributed by atoms with E-state index in [9.17, 15) is 5.11 Å². The van der Waals surface area contributed by atoms with Gasteiger partial charge >= 0.3 is 0 Å². The van der Waals surface area contributed by atoms with Gasteiger partial charge < -0.3 is 5.11 Å². The second-order valence-electron chi connectivity index (χ2n) is 8.02. The van der Waals surface area contributed by atoms with Gasteiger partial charge in [0.25, 0.3) is 0 Å². The summed E-state index contributed by atoms with van der Waals surface area (Å²) in [6, 6.07) is 6.73. The van der Waals surface area contributed by atoms with Crippen molar-refractivity contribution in [3.05, 3.63) is 29.3 Å². The SMILES string of the molecule is CCCCCCCN1CC[C@]2(C)c3cc(O)ccc3C[C@@H]1[C@@H]2C. The summed E-state index contributed by atoms with van der Waals surface area (Å²) in [6.07, 6.45) is 9.21. The maximum Gasteiger partial charge on any atom is 0.115 e. The minimum Gasteiger partial charge on any atom is -0.508 e. The Morgan fingerprint density at radius 2 is 2.00 bits per heavy atom. The molecule has 2 aliphatic rings. The molecule has 23 heavy (non-hydrogen) atoms. The number of aromatic hydroxyl groups is 1. The Balaban J connectivity index is 1.71. The Labute approximate surface area is 141 Å². The molecule has 1 heterocycles. The normalized spacial score (nSPS) is 30.2. The standard InChI is InChI=1S/C21H33NO/c1-4-5-6-7-8-12-22-13-11-21(3)16(2)20(22)14-17-9-10-18(23)15-19(17)21/h9-10,15-16,20,23H,4-8,11-14H2,1-3H3/t16-,20+,21-/m0/s1. The molecule has 128 valence electrons. The topological polar surface area (TPSA) is 23.5 Å². The van der Waals surface area contributed by atoms with Crippen LogP contribution in [0, 0.1) is 5.92 Å². The Kier molecular flexibility index (Phi) is 5.01. The fourth-order valence-corrected chi connectivity index (χ4v) is 4.89. The van der Waals surface area contributed by atoms with Crippen molar-refractivity contribution in [1.82, 2.24) is 4.90 Å². The summed E-state index contributed by atoms with van der Waals surface area (Å²) in [6.45, 7) is 9.61. The van der Waals surface area contributed by atoms with Gasteiger partial charge in [0.15, 0.2) is 0 Å². The largest absolute Gasteiger partial charge is 0.508 e. The first-order valence-electron chi connectivity index (χ1n) is 9.62. The lowest BCUT2D eigenvalue weighted by atomic mass is 9.59. The van der Waals surface area contributed by atoms with Gasteiger partial charge in [-0.15, -0.1) is 0 Å². The van der Waals surface area contributed by atoms with E-state index in [2.05, 4.69) is 31.7 Å². The molecule has 0 aromatic heterocycles. The summed E-state index contributed by atoms with van der Waals surface area (Å²) in [5.41, 5.74) is 3.10. The number of piperidine rings is 1. The van der Waals surface area contributed by atoms with Gasteiger partial charge in [-0.1, -0.05) is 52.5 Å². The maximum absolute atomic E-state index is 9.91. The first kappa shape index (κ1) is 16.8. The molecule has 0 spiro atoms. The fraction of sp³-hybridized carbons (Fsp3) is 0.714. The Morgan fingerprint density at radius 3 is 2.78 bits per heavy atom. The van der Waals surface area contributed by atoms with Crippen LogP contribution in [0.5, 0.6) is 5.75 Å². The van der Waals surface area contributed by atoms with Crippen molar-refractivity contribution in [2.24, 2.45) is 5.92 Å². The number of fused-ring (bicyclic) bond motifs is 4. The smallest absolute Gasteiger partial charge is 0.115 e. The van der Waals surface area contributed by atoms with Gasteiger partial charge in [0.05, 0.1) is 0 Å². The van der Waals surface area contributed by atoms with Crippen LogP contribution in [0.25, 0.3) is 0 Å². The molecule has 1 saturated heterocycles. The van der Waals surface area contributed by atoms with Crippen LogP contribution in [0.3, 0.4) is 0 Å². The lowest BCUT2D eigenvalue weighted by molar-refractivity contribution is 0.0302. The molecule has 2 bridgehead atoms. The van der Waals surface area contributed by atoms with E-state index in [4.69, 9.17) is 0 Å². The van der Waals surface area contributed by atoms with E-state index in [0.29, 0.717) is 17.7 Å². The van der Waals surface area contributed by atoms with Crippen molar-refractivity contribution in [1.29, 1.82) is 0 Å². The molecule has 1 aliphatic heterocycles. The molecule has 1 aromatic carbocycles. The zero-order valence-corrected chi connectivity index (χ0v) is 15.1. The van der Waals surface area contributed by atoms with E-state index in [1.54, 1.807) is 0 Å². The molecular weight excluding hydrogens is 282 g/mol. The van der Waals surface area contributed by atoms with Gasteiger partial charge in [0.2, 0.25) is 0 Å². The number of benzene rings is 1. The van der Waals surface area contributed by atoms with Gasteiger partial charge in [0, 0.05) is 6.04 Å². The second-order valence-corrected chi connectivity index (χ2v) is 8.02. The van der Waals surface area contributed by atoms with Gasteiger partial charge in [0.1, 0.15) is 5.75 Å². The number of phenolic OH excluding ortho intramolecular Hbond substituents is 1. The molecule has 2 heteroatoms. The molecular formula is C21H33NO. The molecule has 2 nitrogen and oxygen atoms in total. The highest BCUT2D eigenvalue weighted by molar-refractivity contribution is 5.44. The number of hydrogen-bond acceptors (Lipinski definition) is 2. The third-order valence-electron chi connectivity index (χ3n) is 6.66. The molecule has 1 aromatic rings. The summed E-state index contributed by atoms with van der Waals surface area (Å²) in [5, 5.41) is 9.91. The Hall–Kier alpha value is -1.02. The van der Waals surface area contributed by atoms with Crippen LogP contribution in [0.1, 0.15) is 70.4 Å². The lowest BCUT2D eigenvalue weighted by Crippen LogP contribution is -2.58. The summed E-state index contributed by atoms with van der Waals surface area (Å²) in [5.74, 6) is 1.09. The quantitative estimate of drug-likeness (QED) is 0.756. The molecule has 0 saturated carbocycles. The van der Waals surface area contributed by atoms with Crippen LogP contribution >= 0.6 is 0 Å². The summed E-state index contributed by atoms with van der Waals surface area (Å²) in [4.78, 5) is 2.76. The lowest BCUT2D eigenvalue weighted by Gasteiger charge is -2.54. The van der Waals surface area contributed by atoms with Gasteiger partial charge in [-0.3, -0.25) is 4.90 Å². The molecule has 1 aliphatic carbocycles. The maximum atomic E-state index is 9.91. The number of hydrogen-bond donors (Lipinski definition) is 1. The molecule has 1 fully saturated rings. The first-order valence-corrected chi connectivity index (χ1v) is 9.62. The third-order valence-corrected chi connectivity index (χ3v) is 6.66. The average molecular weight is 316 g/mol. The predicted molar refractivity (Wildman–Crippen MR) is 97.1 cm³/mol. The van der Waals surface area contributed by atoms with E-state index >= 15 is 0 Å². The van der Waals surface area contributed by atoms with E-state index in [-0.39, 0.29) is 5.41 Å². The van der Waals surface area contributed by atoms with Crippen molar-refractivity contribution in [3.8, 4) is 5.75 Å². The van der Waals surface area contributed by atoms with Crippen LogP contribution < -0.4 is 0 Å². The number of rotatable bonds is 6. The minimum absolute atomic E-state index is 0.232. The zero-order valence-electron chi connectivity index (χ0n) is 15.1. The number of likely N-dealkylation sites (tertiary alicyclic amines) is 1. The van der Waals surface area contributed by atoms with Crippen molar-refractivity contribution in [2.45, 2.75) is 77.2 Å². The fourth-order valence-electron chi connectivity index (χ4n) is 4.89. The first-order chi connectivity index (χ1) is 11.1. The molecule has 3 atom stereocenters. The highest BCUT2D eigenvalue weighted by atomic mass is 16.3. The van der Waals surface area contributed by atoms with E-state index < -0.39 is 0 Å². The average Bonchev–Trinajstić information content (AvgIpc) is 2.53. The molecule has 0 unspecified atom stereocenters. The monoisotopic (exact) mass is 315 g/mol. The third kappa shape index (κ3) is 3.15. The van der Waals surface area contributed by atoms with E-state index in [0.717, 1.165) is 6.42 Å². The van der Waals surface area contributed by atoms with Crippen LogP contribution in [-0.2, 0) is 11.8 Å². The van der Waals surface area contributed by atoms with Crippen LogP contribution in [0.2, 0.25) is 0 Å². The summed E-state index contributed by atoms with van der Waals surface area (Å²) >= 11 is 0. The highest BCUT2D eigenvalue weighted by Crippen LogP contribution is 2.49. The van der Waals surface area contributed by atoms with Gasteiger partial charge in [-0.2, -0.15) is 0 Å². The molecule has 0 radical (unpaired) electrons. The Morgan fingerprint density at radius 1 is 1.22 bits per heavy atom. The second kappa shape index (κ2) is 6.84. The molecule has 0 amide bonds. The number of unbranched alkanes of at least 4 members (excludes halogenated alkanes) is 4. The number of nitrogens with zero attached hydrogens (tertiary/aromatic N) is 1. The zero-order chi connectivity index (χ0) is 16.4. The van der Waals surface area contributed by atoms with Crippen molar-refractivity contribution >= 4 is 0 Å². The van der Waals surface area contributed by atoms with Crippen LogP contribution in [-0.4, -0.2) is 29.1 Å². The van der Waals surface area contributed by atoms with Crippen LogP contribution in [0.4, 0.5) is 0 Å². The van der Waals surface area contributed by atoms with Crippen molar-refractivity contribution in [2.75, 3.05) is 13.1 Å². The van der Waals surface area contributed by atoms with Crippen molar-refractivity contribution in [3.63, 3.8) is 0 Å². The minimum atomic E-state index is 0.232. The van der Waals surface area contributed by atoms with Gasteiger partial charge in [-0.25, -0.2) is 0 Å². The van der Waals surface area contributed by atoms with Gasteiger partial charge in [-0.05, 0) is 66.9 Å². The van der Waals surface area contributed by atoms with E-state index in [1.807, 2.05) is 12.1 Å². The number of phenols is 1. The van der Waals surface area contributed by atoms with E-state index in [1.165, 1.54) is 62.7 Å². The highest BCUT2D eigenvalue weighted by Gasteiger charge is 2.48. The summed E-state index contributed by atoms with van der Waals surface area (Å²) in [7, 11) is 0. The van der Waals surface area contributed by atoms with Crippen LogP contribution in [0.15, 0.2) is 18.2 Å². The Bertz CT molecular complexity index is 541. The molecule has 1 N–H and O–H groups in total. The van der Waals surface area contributed by atoms with Crippen molar-refractivity contribution < 1.29 is 5.11 Å².